The van der Waals surface area contributed by atoms with E-state index < -0.39 is 0 Å². The molecule has 21 heavy (non-hydrogen) atoms. The summed E-state index contributed by atoms with van der Waals surface area (Å²) in [5, 5.41) is 3.82. The highest BCUT2D eigenvalue weighted by Crippen LogP contribution is 2.25. The van der Waals surface area contributed by atoms with Crippen LogP contribution in [0.25, 0.3) is 0 Å². The van der Waals surface area contributed by atoms with Crippen LogP contribution in [0.4, 0.5) is 0 Å². The molecule has 0 aliphatic carbocycles. The Morgan fingerprint density at radius 3 is 2.71 bits per heavy atom. The lowest BCUT2D eigenvalue weighted by molar-refractivity contribution is 0.0782. The van der Waals surface area contributed by atoms with Gasteiger partial charge in [-0.05, 0) is 32.0 Å². The van der Waals surface area contributed by atoms with E-state index in [4.69, 9.17) is 9.26 Å². The number of carbonyl (C=O) groups is 1. The Balaban J connectivity index is 2.24. The minimum atomic E-state index is -0.117. The summed E-state index contributed by atoms with van der Waals surface area (Å²) in [6.45, 7) is 3.93. The molecular weight excluding hydrogens is 336 g/mol. The van der Waals surface area contributed by atoms with Crippen molar-refractivity contribution in [1.29, 1.82) is 0 Å². The number of halogens is 1. The zero-order valence-electron chi connectivity index (χ0n) is 12.4. The molecule has 2 rings (SSSR count). The lowest BCUT2D eigenvalue weighted by Crippen LogP contribution is -2.27. The Labute approximate surface area is 132 Å². The number of carbonyl (C=O) groups excluding carboxylic acids is 1. The number of rotatable bonds is 4. The third-order valence-electron chi connectivity index (χ3n) is 3.24. The van der Waals surface area contributed by atoms with Crippen molar-refractivity contribution in [2.45, 2.75) is 20.4 Å². The van der Waals surface area contributed by atoms with Gasteiger partial charge < -0.3 is 14.2 Å². The topological polar surface area (TPSA) is 55.6 Å². The van der Waals surface area contributed by atoms with Crippen LogP contribution < -0.4 is 4.74 Å². The van der Waals surface area contributed by atoms with Crippen molar-refractivity contribution in [2.24, 2.45) is 0 Å². The maximum Gasteiger partial charge on any atom is 0.259 e. The molecule has 0 atom stereocenters. The van der Waals surface area contributed by atoms with Crippen LogP contribution in [-0.4, -0.2) is 30.1 Å². The van der Waals surface area contributed by atoms with Gasteiger partial charge in [0.2, 0.25) is 0 Å². The van der Waals surface area contributed by atoms with E-state index in [-0.39, 0.29) is 5.91 Å². The fraction of sp³-hybridized carbons (Fsp3) is 0.333. The Bertz CT molecular complexity index is 647. The first-order valence-corrected chi connectivity index (χ1v) is 7.24. The smallest absolute Gasteiger partial charge is 0.259 e. The van der Waals surface area contributed by atoms with Crippen LogP contribution in [0.3, 0.4) is 0 Å². The predicted octanol–water partition coefficient (Wildman–Crippen LogP) is 3.33. The Hall–Kier alpha value is -1.82. The minimum absolute atomic E-state index is 0.117. The number of nitrogens with zero attached hydrogens (tertiary/aromatic N) is 2. The summed E-state index contributed by atoms with van der Waals surface area (Å²) in [6.07, 6.45) is 0. The highest BCUT2D eigenvalue weighted by atomic mass is 79.9. The number of hydrogen-bond donors (Lipinski definition) is 0. The normalized spacial score (nSPS) is 10.5. The van der Waals surface area contributed by atoms with E-state index in [1.807, 2.05) is 18.2 Å². The summed E-state index contributed by atoms with van der Waals surface area (Å²) in [5.41, 5.74) is 2.05. The van der Waals surface area contributed by atoms with Crippen molar-refractivity contribution in [1.82, 2.24) is 10.1 Å². The zero-order chi connectivity index (χ0) is 15.6. The number of aromatic nitrogens is 1. The zero-order valence-corrected chi connectivity index (χ0v) is 14.0. The van der Waals surface area contributed by atoms with Gasteiger partial charge in [0, 0.05) is 23.6 Å². The molecule has 6 heteroatoms. The van der Waals surface area contributed by atoms with Gasteiger partial charge in [0.25, 0.3) is 5.91 Å². The van der Waals surface area contributed by atoms with Crippen molar-refractivity contribution in [3.8, 4) is 5.75 Å². The number of aryl methyl sites for hydroxylation is 2. The highest BCUT2D eigenvalue weighted by molar-refractivity contribution is 9.10. The molecule has 2 aromatic rings. The summed E-state index contributed by atoms with van der Waals surface area (Å²) in [6, 6.07) is 5.71. The van der Waals surface area contributed by atoms with E-state index in [0.717, 1.165) is 15.8 Å². The second-order valence-electron chi connectivity index (χ2n) is 4.82. The van der Waals surface area contributed by atoms with E-state index in [0.29, 0.717) is 23.6 Å². The van der Waals surface area contributed by atoms with Gasteiger partial charge in [0.15, 0.2) is 0 Å². The van der Waals surface area contributed by atoms with Crippen LogP contribution in [0, 0.1) is 13.8 Å². The van der Waals surface area contributed by atoms with E-state index in [9.17, 15) is 4.79 Å². The van der Waals surface area contributed by atoms with Crippen molar-refractivity contribution in [2.75, 3.05) is 14.2 Å². The average molecular weight is 353 g/mol. The number of methoxy groups -OCH3 is 1. The molecule has 1 aromatic heterocycles. The highest BCUT2D eigenvalue weighted by Gasteiger charge is 2.21. The maximum atomic E-state index is 12.5. The van der Waals surface area contributed by atoms with Crippen LogP contribution >= 0.6 is 15.9 Å². The quantitative estimate of drug-likeness (QED) is 0.846. The van der Waals surface area contributed by atoms with Crippen LogP contribution in [0.15, 0.2) is 27.2 Å². The molecule has 1 heterocycles. The number of amides is 1. The van der Waals surface area contributed by atoms with Gasteiger partial charge in [-0.15, -0.1) is 0 Å². The Kier molecular flexibility index (Phi) is 4.67. The molecule has 0 N–H and O–H groups in total. The van der Waals surface area contributed by atoms with E-state index in [2.05, 4.69) is 21.1 Å². The number of ether oxygens (including phenoxy) is 1. The van der Waals surface area contributed by atoms with Gasteiger partial charge >= 0.3 is 0 Å². The van der Waals surface area contributed by atoms with E-state index in [1.165, 1.54) is 0 Å². The standard InChI is InChI=1S/C15H17BrN2O3/c1-9-14(10(2)21-17-9)15(19)18(3)8-11-7-12(16)5-6-13(11)20-4/h5-7H,8H2,1-4H3. The molecule has 0 saturated heterocycles. The second kappa shape index (κ2) is 6.30. The van der Waals surface area contributed by atoms with Crippen molar-refractivity contribution in [3.63, 3.8) is 0 Å². The van der Waals surface area contributed by atoms with Crippen LogP contribution in [0.2, 0.25) is 0 Å². The van der Waals surface area contributed by atoms with Crippen LogP contribution in [0.5, 0.6) is 5.75 Å². The van der Waals surface area contributed by atoms with E-state index in [1.54, 1.807) is 32.9 Å². The molecule has 1 aromatic carbocycles. The first-order chi connectivity index (χ1) is 9.93. The predicted molar refractivity (Wildman–Crippen MR) is 82.5 cm³/mol. The van der Waals surface area contributed by atoms with Crippen molar-refractivity contribution >= 4 is 21.8 Å². The summed E-state index contributed by atoms with van der Waals surface area (Å²) in [5.74, 6) is 1.16. The largest absolute Gasteiger partial charge is 0.496 e. The van der Waals surface area contributed by atoms with Crippen LogP contribution in [-0.2, 0) is 6.54 Å². The molecule has 5 nitrogen and oxygen atoms in total. The monoisotopic (exact) mass is 352 g/mol. The fourth-order valence-electron chi connectivity index (χ4n) is 2.18. The fourth-order valence-corrected chi connectivity index (χ4v) is 2.59. The Morgan fingerprint density at radius 2 is 2.14 bits per heavy atom. The lowest BCUT2D eigenvalue weighted by Gasteiger charge is -2.19. The molecule has 0 fully saturated rings. The summed E-state index contributed by atoms with van der Waals surface area (Å²) >= 11 is 3.43. The number of hydrogen-bond acceptors (Lipinski definition) is 4. The molecule has 0 aliphatic rings. The lowest BCUT2D eigenvalue weighted by atomic mass is 10.1. The first-order valence-electron chi connectivity index (χ1n) is 6.44. The summed E-state index contributed by atoms with van der Waals surface area (Å²) < 4.78 is 11.3. The van der Waals surface area contributed by atoms with Crippen molar-refractivity contribution in [3.05, 3.63) is 45.3 Å². The van der Waals surface area contributed by atoms with Gasteiger partial charge in [-0.1, -0.05) is 21.1 Å². The van der Waals surface area contributed by atoms with E-state index >= 15 is 0 Å². The molecular formula is C15H17BrN2O3. The third kappa shape index (κ3) is 3.26. The van der Waals surface area contributed by atoms with Crippen molar-refractivity contribution < 1.29 is 14.1 Å². The molecule has 1 amide bonds. The van der Waals surface area contributed by atoms with Crippen LogP contribution in [0.1, 0.15) is 27.4 Å². The van der Waals surface area contributed by atoms with Gasteiger partial charge in [0.1, 0.15) is 17.1 Å². The molecule has 112 valence electrons. The second-order valence-corrected chi connectivity index (χ2v) is 5.73. The molecule has 0 unspecified atom stereocenters. The van der Waals surface area contributed by atoms with Gasteiger partial charge in [-0.3, -0.25) is 4.79 Å². The average Bonchev–Trinajstić information content (AvgIpc) is 2.77. The Morgan fingerprint density at radius 1 is 1.43 bits per heavy atom. The molecule has 0 radical (unpaired) electrons. The first kappa shape index (κ1) is 15.6. The third-order valence-corrected chi connectivity index (χ3v) is 3.74. The molecule has 0 aliphatic heterocycles. The maximum absolute atomic E-state index is 12.5. The summed E-state index contributed by atoms with van der Waals surface area (Å²) in [4.78, 5) is 14.1. The number of benzene rings is 1. The van der Waals surface area contributed by atoms with Gasteiger partial charge in [-0.25, -0.2) is 0 Å². The molecule has 0 saturated carbocycles. The molecule has 0 bridgehead atoms. The van der Waals surface area contributed by atoms with Gasteiger partial charge in [-0.2, -0.15) is 0 Å². The van der Waals surface area contributed by atoms with Gasteiger partial charge in [0.05, 0.1) is 12.8 Å². The molecule has 0 spiro atoms. The SMILES string of the molecule is COc1ccc(Br)cc1CN(C)C(=O)c1c(C)noc1C. The summed E-state index contributed by atoms with van der Waals surface area (Å²) in [7, 11) is 3.36. The minimum Gasteiger partial charge on any atom is -0.496 e.